The van der Waals surface area contributed by atoms with Crippen molar-refractivity contribution in [1.29, 1.82) is 0 Å². The third kappa shape index (κ3) is 8.17. The van der Waals surface area contributed by atoms with E-state index in [1.165, 1.54) is 16.8 Å². The van der Waals surface area contributed by atoms with Gasteiger partial charge in [0, 0.05) is 5.56 Å². The fourth-order valence-electron chi connectivity index (χ4n) is 4.55. The van der Waals surface area contributed by atoms with Crippen LogP contribution in [0.1, 0.15) is 83.6 Å². The number of carbonyl (C=O) groups is 2. The molecule has 0 spiro atoms. The van der Waals surface area contributed by atoms with Gasteiger partial charge < -0.3 is 25.0 Å². The van der Waals surface area contributed by atoms with Gasteiger partial charge in [0.2, 0.25) is 0 Å². The second-order valence-electron chi connectivity index (χ2n) is 12.7. The van der Waals surface area contributed by atoms with E-state index < -0.39 is 60.2 Å². The van der Waals surface area contributed by atoms with E-state index in [2.05, 4.69) is 15.4 Å². The monoisotopic (exact) mass is 656 g/mol. The Balaban J connectivity index is 1.67. The summed E-state index contributed by atoms with van der Waals surface area (Å²) in [6.45, 7) is 6.17. The smallest absolute Gasteiger partial charge is 0.410 e. The summed E-state index contributed by atoms with van der Waals surface area (Å²) in [5.41, 5.74) is -2.50. The highest BCUT2D eigenvalue weighted by Gasteiger charge is 2.49. The molecule has 44 heavy (non-hydrogen) atoms. The van der Waals surface area contributed by atoms with Crippen LogP contribution in [0.25, 0.3) is 5.65 Å². The van der Waals surface area contributed by atoms with Crippen molar-refractivity contribution < 1.29 is 45.4 Å². The SMILES string of the molecule is CC(C)(C)OC(=O)N[C@@H](CCC(C)(C)C(F)(F)F)c1cn2nc(Cl)c([C@@H](COC3CC3)N3C[C@@H](C(F)(F)F)NC3=O)cc2n1. The Morgan fingerprint density at radius 3 is 2.36 bits per heavy atom. The molecule has 0 bridgehead atoms. The first kappa shape index (κ1) is 33.9. The number of hydrogen-bond acceptors (Lipinski definition) is 6. The second kappa shape index (κ2) is 12.1. The summed E-state index contributed by atoms with van der Waals surface area (Å²) in [5, 5.41) is 8.62. The van der Waals surface area contributed by atoms with Crippen molar-refractivity contribution in [2.75, 3.05) is 13.2 Å². The van der Waals surface area contributed by atoms with E-state index in [0.29, 0.717) is 0 Å². The molecule has 1 saturated carbocycles. The van der Waals surface area contributed by atoms with E-state index in [0.717, 1.165) is 31.6 Å². The molecular weight excluding hydrogens is 622 g/mol. The largest absolute Gasteiger partial charge is 0.444 e. The van der Waals surface area contributed by atoms with Crippen LogP contribution in [0.5, 0.6) is 0 Å². The number of urea groups is 1. The fraction of sp³-hybridized carbons (Fsp3) is 0.704. The van der Waals surface area contributed by atoms with Gasteiger partial charge in [-0.25, -0.2) is 19.1 Å². The van der Waals surface area contributed by atoms with Gasteiger partial charge in [-0.15, -0.1) is 0 Å². The number of alkyl carbamates (subject to hydrolysis) is 1. The first-order valence-electron chi connectivity index (χ1n) is 14.0. The third-order valence-corrected chi connectivity index (χ3v) is 7.70. The molecule has 0 unspecified atom stereocenters. The molecule has 246 valence electrons. The van der Waals surface area contributed by atoms with Crippen molar-refractivity contribution in [2.24, 2.45) is 5.41 Å². The van der Waals surface area contributed by atoms with Gasteiger partial charge in [0.25, 0.3) is 0 Å². The molecule has 0 aromatic carbocycles. The van der Waals surface area contributed by atoms with Gasteiger partial charge in [-0.2, -0.15) is 31.4 Å². The summed E-state index contributed by atoms with van der Waals surface area (Å²) in [6.07, 6.45) is -7.74. The molecule has 0 radical (unpaired) electrons. The number of rotatable bonds is 10. The van der Waals surface area contributed by atoms with Gasteiger partial charge in [-0.3, -0.25) is 0 Å². The molecule has 1 saturated heterocycles. The summed E-state index contributed by atoms with van der Waals surface area (Å²) in [5.74, 6) is 0. The van der Waals surface area contributed by atoms with Gasteiger partial charge in [-0.05, 0) is 52.5 Å². The van der Waals surface area contributed by atoms with Gasteiger partial charge in [0.1, 0.15) is 11.6 Å². The number of alkyl halides is 6. The summed E-state index contributed by atoms with van der Waals surface area (Å²) >= 11 is 6.49. The summed E-state index contributed by atoms with van der Waals surface area (Å²) in [7, 11) is 0. The molecule has 3 heterocycles. The molecule has 4 rings (SSSR count). The number of aromatic nitrogens is 3. The molecule has 2 fully saturated rings. The van der Waals surface area contributed by atoms with E-state index >= 15 is 0 Å². The lowest BCUT2D eigenvalue weighted by molar-refractivity contribution is -0.214. The number of fused-ring (bicyclic) bond motifs is 1. The number of ether oxygens (including phenoxy) is 2. The topological polar surface area (TPSA) is 110 Å². The lowest BCUT2D eigenvalue weighted by Gasteiger charge is -2.29. The number of nitrogens with one attached hydrogen (secondary N) is 2. The molecule has 1 aliphatic heterocycles. The molecule has 17 heteroatoms. The van der Waals surface area contributed by atoms with Gasteiger partial charge in [0.05, 0.1) is 48.6 Å². The molecule has 10 nitrogen and oxygen atoms in total. The predicted octanol–water partition coefficient (Wildman–Crippen LogP) is 6.49. The van der Waals surface area contributed by atoms with Gasteiger partial charge >= 0.3 is 24.5 Å². The Bertz CT molecular complexity index is 1370. The Kier molecular flexibility index (Phi) is 9.29. The van der Waals surface area contributed by atoms with E-state index in [1.54, 1.807) is 20.8 Å². The van der Waals surface area contributed by atoms with Crippen LogP contribution in [-0.4, -0.2) is 74.9 Å². The lowest BCUT2D eigenvalue weighted by Crippen LogP contribution is -2.40. The Morgan fingerprint density at radius 1 is 1.16 bits per heavy atom. The number of amides is 3. The molecule has 2 aromatic heterocycles. The Morgan fingerprint density at radius 2 is 1.82 bits per heavy atom. The van der Waals surface area contributed by atoms with Crippen molar-refractivity contribution in [3.63, 3.8) is 0 Å². The Hall–Kier alpha value is -3.01. The zero-order chi connectivity index (χ0) is 32.8. The van der Waals surface area contributed by atoms with Gasteiger partial charge in [-0.1, -0.05) is 25.4 Å². The van der Waals surface area contributed by atoms with Gasteiger partial charge in [0.15, 0.2) is 10.8 Å². The zero-order valence-corrected chi connectivity index (χ0v) is 25.5. The van der Waals surface area contributed by atoms with E-state index in [-0.39, 0.29) is 47.6 Å². The van der Waals surface area contributed by atoms with Crippen LogP contribution in [0.15, 0.2) is 12.3 Å². The second-order valence-corrected chi connectivity index (χ2v) is 13.1. The van der Waals surface area contributed by atoms with Crippen molar-refractivity contribution in [1.82, 2.24) is 30.1 Å². The van der Waals surface area contributed by atoms with Crippen molar-refractivity contribution >= 4 is 29.4 Å². The quantitative estimate of drug-likeness (QED) is 0.283. The number of nitrogens with zero attached hydrogens (tertiary/aromatic N) is 4. The highest BCUT2D eigenvalue weighted by Crippen LogP contribution is 2.42. The first-order chi connectivity index (χ1) is 20.1. The minimum atomic E-state index is -4.67. The lowest BCUT2D eigenvalue weighted by atomic mass is 9.85. The van der Waals surface area contributed by atoms with Crippen LogP contribution < -0.4 is 10.6 Å². The minimum absolute atomic E-state index is 0.0873. The standard InChI is InChI=1S/C27H35ClF6N6O4/c1-24(2,3)44-23(42)36-16(8-9-25(4,5)27(32,33)34)17-11-40-20(35-17)10-15(21(28)38-40)18(13-43-14-6-7-14)39-12-19(26(29,30)31)37-22(39)41/h10-11,14,16,18-19H,6-9,12-13H2,1-5H3,(H,36,42)(H,37,41)/t16-,18+,19-/m0/s1. The van der Waals surface area contributed by atoms with Crippen LogP contribution in [0.2, 0.25) is 5.15 Å². The van der Waals surface area contributed by atoms with Crippen LogP contribution >= 0.6 is 11.6 Å². The zero-order valence-electron chi connectivity index (χ0n) is 24.8. The molecular formula is C27H35ClF6N6O4. The number of imidazole rings is 1. The van der Waals surface area contributed by atoms with E-state index in [9.17, 15) is 35.9 Å². The van der Waals surface area contributed by atoms with Crippen LogP contribution in [0, 0.1) is 5.41 Å². The van der Waals surface area contributed by atoms with E-state index in [4.69, 9.17) is 21.1 Å². The predicted molar refractivity (Wildman–Crippen MR) is 146 cm³/mol. The third-order valence-electron chi connectivity index (χ3n) is 7.41. The maximum Gasteiger partial charge on any atom is 0.410 e. The first-order valence-corrected chi connectivity index (χ1v) is 14.4. The normalized spacial score (nSPS) is 19.7. The van der Waals surface area contributed by atoms with Crippen molar-refractivity contribution in [2.45, 2.75) is 102 Å². The highest BCUT2D eigenvalue weighted by atomic mass is 35.5. The summed E-state index contributed by atoms with van der Waals surface area (Å²) in [6, 6.07) is -3.69. The van der Waals surface area contributed by atoms with E-state index in [1.807, 2.05) is 5.32 Å². The summed E-state index contributed by atoms with van der Waals surface area (Å²) < 4.78 is 93.4. The van der Waals surface area contributed by atoms with Crippen LogP contribution in [0.4, 0.5) is 35.9 Å². The summed E-state index contributed by atoms with van der Waals surface area (Å²) in [4.78, 5) is 30.7. The van der Waals surface area contributed by atoms with Crippen LogP contribution in [-0.2, 0) is 9.47 Å². The minimum Gasteiger partial charge on any atom is -0.444 e. The molecule has 2 aromatic rings. The maximum atomic E-state index is 13.6. The van der Waals surface area contributed by atoms with Crippen molar-refractivity contribution in [3.8, 4) is 0 Å². The Labute approximate surface area is 254 Å². The van der Waals surface area contributed by atoms with Crippen LogP contribution in [0.3, 0.4) is 0 Å². The maximum absolute atomic E-state index is 13.6. The molecule has 3 atom stereocenters. The molecule has 3 amide bonds. The average molecular weight is 657 g/mol. The average Bonchev–Trinajstić information content (AvgIpc) is 3.47. The van der Waals surface area contributed by atoms with Crippen molar-refractivity contribution in [3.05, 3.63) is 28.7 Å². The molecule has 2 N–H and O–H groups in total. The number of hydrogen-bond donors (Lipinski definition) is 2. The molecule has 2 aliphatic rings. The number of carbonyl (C=O) groups excluding carboxylic acids is 2. The molecule has 1 aliphatic carbocycles. The highest BCUT2D eigenvalue weighted by molar-refractivity contribution is 6.30. The number of halogens is 7. The fourth-order valence-corrected chi connectivity index (χ4v) is 4.81.